The summed E-state index contributed by atoms with van der Waals surface area (Å²) in [5.41, 5.74) is 2.55. The number of hydrogen-bond acceptors (Lipinski definition) is 3. The molecule has 4 nitrogen and oxygen atoms in total. The molecule has 156 valence electrons. The van der Waals surface area contributed by atoms with Gasteiger partial charge in [-0.15, -0.1) is 0 Å². The highest BCUT2D eigenvalue weighted by Crippen LogP contribution is 2.66. The fourth-order valence-electron chi connectivity index (χ4n) is 7.43. The van der Waals surface area contributed by atoms with Gasteiger partial charge in [-0.05, 0) is 79.0 Å². The van der Waals surface area contributed by atoms with E-state index in [4.69, 9.17) is 9.47 Å². The van der Waals surface area contributed by atoms with E-state index in [2.05, 4.69) is 30.3 Å². The number of carbonyl (C=O) groups excluding carboxylic acids is 1. The first-order chi connectivity index (χ1) is 14.6. The number of hydrogen-bond donors (Lipinski definition) is 0. The lowest BCUT2D eigenvalue weighted by Gasteiger charge is -2.62. The van der Waals surface area contributed by atoms with Crippen molar-refractivity contribution in [2.24, 2.45) is 17.3 Å². The molecule has 0 saturated heterocycles. The van der Waals surface area contributed by atoms with Crippen LogP contribution in [0, 0.1) is 17.3 Å². The maximum absolute atomic E-state index is 13.9. The van der Waals surface area contributed by atoms with Gasteiger partial charge in [0.25, 0.3) is 0 Å². The van der Waals surface area contributed by atoms with E-state index in [9.17, 15) is 4.79 Å². The molecule has 0 radical (unpaired) electrons. The molecule has 30 heavy (non-hydrogen) atoms. The summed E-state index contributed by atoms with van der Waals surface area (Å²) in [7, 11) is 1.97. The van der Waals surface area contributed by atoms with Gasteiger partial charge in [-0.1, -0.05) is 36.4 Å². The Morgan fingerprint density at radius 3 is 2.50 bits per heavy atom. The van der Waals surface area contributed by atoms with Gasteiger partial charge in [0.2, 0.25) is 12.7 Å². The zero-order valence-corrected chi connectivity index (χ0v) is 17.6. The molecule has 2 atom stereocenters. The molecule has 7 rings (SSSR count). The van der Waals surface area contributed by atoms with Crippen molar-refractivity contribution in [3.63, 3.8) is 0 Å². The summed E-state index contributed by atoms with van der Waals surface area (Å²) < 4.78 is 10.9. The van der Waals surface area contributed by atoms with Gasteiger partial charge in [0.1, 0.15) is 0 Å². The summed E-state index contributed by atoms with van der Waals surface area (Å²) in [5, 5.41) is 0. The van der Waals surface area contributed by atoms with Crippen LogP contribution < -0.4 is 9.47 Å². The van der Waals surface area contributed by atoms with Crippen molar-refractivity contribution in [1.82, 2.24) is 4.90 Å². The predicted molar refractivity (Wildman–Crippen MR) is 114 cm³/mol. The Morgan fingerprint density at radius 2 is 1.73 bits per heavy atom. The summed E-state index contributed by atoms with van der Waals surface area (Å²) >= 11 is 0. The van der Waals surface area contributed by atoms with E-state index < -0.39 is 0 Å². The third kappa shape index (κ3) is 2.76. The van der Waals surface area contributed by atoms with Gasteiger partial charge < -0.3 is 14.4 Å². The van der Waals surface area contributed by atoms with E-state index in [0.29, 0.717) is 24.3 Å². The highest BCUT2D eigenvalue weighted by Gasteiger charge is 2.61. The molecule has 4 heteroatoms. The smallest absolute Gasteiger partial charge is 0.231 e. The first kappa shape index (κ1) is 18.3. The molecule has 0 N–H and O–H groups in total. The Labute approximate surface area is 178 Å². The van der Waals surface area contributed by atoms with Crippen molar-refractivity contribution in [3.05, 3.63) is 59.7 Å². The second-order valence-corrected chi connectivity index (χ2v) is 10.2. The SMILES string of the molecule is CN(Cc1ccc2c(c1)OCO2)C(=O)C12C[C@H]3C[C@H](C1)CC(c1ccccc1)(C3)C2. The van der Waals surface area contributed by atoms with Gasteiger partial charge in [0.15, 0.2) is 11.5 Å². The van der Waals surface area contributed by atoms with Crippen LogP contribution in [0.15, 0.2) is 48.5 Å². The number of benzene rings is 2. The number of rotatable bonds is 4. The van der Waals surface area contributed by atoms with Gasteiger partial charge in [-0.25, -0.2) is 0 Å². The molecule has 4 saturated carbocycles. The minimum atomic E-state index is -0.189. The second-order valence-electron chi connectivity index (χ2n) is 10.2. The standard InChI is InChI=1S/C26H29NO3/c1-27(15-18-7-8-22-23(10-18)30-17-29-22)24(28)26-13-19-9-20(14-26)12-25(11-19,16-26)21-5-3-2-4-6-21/h2-8,10,19-20H,9,11-17H2,1H3/t19-,20-,25?,26?/m0/s1. The highest BCUT2D eigenvalue weighted by molar-refractivity contribution is 5.83. The average Bonchev–Trinajstić information content (AvgIpc) is 3.21. The maximum atomic E-state index is 13.9. The summed E-state index contributed by atoms with van der Waals surface area (Å²) in [6.45, 7) is 0.895. The Kier molecular flexibility index (Phi) is 3.96. The van der Waals surface area contributed by atoms with Crippen LogP contribution >= 0.6 is 0 Å². The van der Waals surface area contributed by atoms with E-state index in [-0.39, 0.29) is 17.6 Å². The maximum Gasteiger partial charge on any atom is 0.231 e. The molecular weight excluding hydrogens is 374 g/mol. The topological polar surface area (TPSA) is 38.8 Å². The lowest BCUT2D eigenvalue weighted by Crippen LogP contribution is -2.59. The van der Waals surface area contributed by atoms with Crippen LogP contribution in [0.2, 0.25) is 0 Å². The normalized spacial score (nSPS) is 33.0. The molecule has 1 heterocycles. The molecule has 2 aromatic carbocycles. The summed E-state index contributed by atoms with van der Waals surface area (Å²) in [6, 6.07) is 17.0. The van der Waals surface area contributed by atoms with Crippen molar-refractivity contribution in [1.29, 1.82) is 0 Å². The van der Waals surface area contributed by atoms with Crippen molar-refractivity contribution in [2.75, 3.05) is 13.8 Å². The molecule has 0 spiro atoms. The molecule has 0 aromatic heterocycles. The number of carbonyl (C=O) groups is 1. The number of nitrogens with zero attached hydrogens (tertiary/aromatic N) is 1. The van der Waals surface area contributed by atoms with Crippen LogP contribution in [0.4, 0.5) is 0 Å². The fraction of sp³-hybridized carbons (Fsp3) is 0.500. The van der Waals surface area contributed by atoms with Gasteiger partial charge in [-0.2, -0.15) is 0 Å². The molecule has 4 fully saturated rings. The van der Waals surface area contributed by atoms with Crippen molar-refractivity contribution >= 4 is 5.91 Å². The minimum Gasteiger partial charge on any atom is -0.454 e. The zero-order valence-electron chi connectivity index (χ0n) is 17.6. The lowest BCUT2D eigenvalue weighted by molar-refractivity contribution is -0.159. The van der Waals surface area contributed by atoms with E-state index in [0.717, 1.165) is 36.3 Å². The first-order valence-electron chi connectivity index (χ1n) is 11.2. The van der Waals surface area contributed by atoms with Crippen LogP contribution in [-0.2, 0) is 16.8 Å². The molecule has 1 amide bonds. The Morgan fingerprint density at radius 1 is 1.00 bits per heavy atom. The molecule has 0 unspecified atom stereocenters. The van der Waals surface area contributed by atoms with Crippen LogP contribution in [0.25, 0.3) is 0 Å². The molecule has 4 bridgehead atoms. The van der Waals surface area contributed by atoms with E-state index in [1.807, 2.05) is 30.1 Å². The fourth-order valence-corrected chi connectivity index (χ4v) is 7.43. The van der Waals surface area contributed by atoms with Crippen LogP contribution in [0.3, 0.4) is 0 Å². The number of ether oxygens (including phenoxy) is 2. The number of amides is 1. The second kappa shape index (κ2) is 6.50. The highest BCUT2D eigenvalue weighted by atomic mass is 16.7. The van der Waals surface area contributed by atoms with Crippen molar-refractivity contribution < 1.29 is 14.3 Å². The summed E-state index contributed by atoms with van der Waals surface area (Å²) in [6.07, 6.45) is 6.99. The summed E-state index contributed by atoms with van der Waals surface area (Å²) in [4.78, 5) is 15.8. The zero-order chi connectivity index (χ0) is 20.3. The first-order valence-corrected chi connectivity index (χ1v) is 11.2. The van der Waals surface area contributed by atoms with Crippen LogP contribution in [-0.4, -0.2) is 24.6 Å². The van der Waals surface area contributed by atoms with E-state index in [1.54, 1.807) is 0 Å². The lowest BCUT2D eigenvalue weighted by atomic mass is 9.42. The third-order valence-corrected chi connectivity index (χ3v) is 8.10. The van der Waals surface area contributed by atoms with Gasteiger partial charge in [-0.3, -0.25) is 4.79 Å². The van der Waals surface area contributed by atoms with Crippen LogP contribution in [0.5, 0.6) is 11.5 Å². The monoisotopic (exact) mass is 403 g/mol. The average molecular weight is 404 g/mol. The Hall–Kier alpha value is -2.49. The number of fused-ring (bicyclic) bond motifs is 1. The largest absolute Gasteiger partial charge is 0.454 e. The van der Waals surface area contributed by atoms with Gasteiger partial charge >= 0.3 is 0 Å². The van der Waals surface area contributed by atoms with Crippen molar-refractivity contribution in [3.8, 4) is 11.5 Å². The Balaban J connectivity index is 1.27. The van der Waals surface area contributed by atoms with Gasteiger partial charge in [0.05, 0.1) is 5.41 Å². The molecule has 2 aromatic rings. The van der Waals surface area contributed by atoms with Gasteiger partial charge in [0, 0.05) is 13.6 Å². The molecule has 5 aliphatic rings. The predicted octanol–water partition coefficient (Wildman–Crippen LogP) is 4.91. The third-order valence-electron chi connectivity index (χ3n) is 8.10. The minimum absolute atomic E-state index is 0.189. The molecule has 4 aliphatic carbocycles. The quantitative estimate of drug-likeness (QED) is 0.728. The van der Waals surface area contributed by atoms with E-state index >= 15 is 0 Å². The summed E-state index contributed by atoms with van der Waals surface area (Å²) in [5.74, 6) is 3.29. The van der Waals surface area contributed by atoms with E-state index in [1.165, 1.54) is 24.8 Å². The molecular formula is C26H29NO3. The van der Waals surface area contributed by atoms with Crippen molar-refractivity contribution in [2.45, 2.75) is 50.5 Å². The molecule has 1 aliphatic heterocycles. The van der Waals surface area contributed by atoms with Crippen LogP contribution in [0.1, 0.15) is 49.7 Å². The Bertz CT molecular complexity index is 971.